The number of anilines is 1. The highest BCUT2D eigenvalue weighted by Crippen LogP contribution is 2.39. The molecule has 2 nitrogen and oxygen atoms in total. The van der Waals surface area contributed by atoms with E-state index in [4.69, 9.17) is 4.74 Å². The number of thioether (sulfide) groups is 1. The summed E-state index contributed by atoms with van der Waals surface area (Å²) in [5.41, 5.74) is 2.48. The van der Waals surface area contributed by atoms with Crippen molar-refractivity contribution in [2.45, 2.75) is 24.3 Å². The molecule has 2 aromatic carbocycles. The van der Waals surface area contributed by atoms with Gasteiger partial charge in [0.05, 0.1) is 18.3 Å². The Morgan fingerprint density at radius 3 is 2.85 bits per heavy atom. The molecule has 0 bridgehead atoms. The summed E-state index contributed by atoms with van der Waals surface area (Å²) in [5.74, 6) is 2.09. The van der Waals surface area contributed by atoms with E-state index in [1.54, 1.807) is 0 Å². The Balaban J connectivity index is 1.86. The molecule has 1 atom stereocenters. The molecule has 2 aromatic rings. The van der Waals surface area contributed by atoms with E-state index in [0.29, 0.717) is 12.6 Å². The van der Waals surface area contributed by atoms with Crippen LogP contribution in [0.25, 0.3) is 0 Å². The molecule has 104 valence electrons. The van der Waals surface area contributed by atoms with Gasteiger partial charge in [0.2, 0.25) is 0 Å². The fraction of sp³-hybridized carbons (Fsp3) is 0.294. The number of hydrogen-bond acceptors (Lipinski definition) is 3. The van der Waals surface area contributed by atoms with Crippen LogP contribution in [0.3, 0.4) is 0 Å². The maximum absolute atomic E-state index is 5.70. The Labute approximate surface area is 124 Å². The third-order valence-electron chi connectivity index (χ3n) is 3.48. The molecule has 1 unspecified atom stereocenters. The van der Waals surface area contributed by atoms with Crippen LogP contribution in [0, 0.1) is 0 Å². The van der Waals surface area contributed by atoms with Crippen LogP contribution in [-0.4, -0.2) is 12.4 Å². The highest BCUT2D eigenvalue weighted by molar-refractivity contribution is 7.99. The van der Waals surface area contributed by atoms with Gasteiger partial charge in [0.25, 0.3) is 0 Å². The molecule has 3 rings (SSSR count). The van der Waals surface area contributed by atoms with Gasteiger partial charge in [-0.15, -0.1) is 11.8 Å². The Hall–Kier alpha value is -1.61. The molecule has 20 heavy (non-hydrogen) atoms. The van der Waals surface area contributed by atoms with Crippen LogP contribution in [-0.2, 0) is 0 Å². The predicted octanol–water partition coefficient (Wildman–Crippen LogP) is 4.73. The number of para-hydroxylation sites is 2. The van der Waals surface area contributed by atoms with Crippen LogP contribution >= 0.6 is 11.8 Å². The molecular formula is C17H19NOS. The molecule has 0 radical (unpaired) electrons. The first kappa shape index (κ1) is 13.4. The lowest BCUT2D eigenvalue weighted by Crippen LogP contribution is -2.16. The van der Waals surface area contributed by atoms with Gasteiger partial charge in [-0.1, -0.05) is 30.3 Å². The van der Waals surface area contributed by atoms with Gasteiger partial charge < -0.3 is 10.1 Å². The number of ether oxygens (including phenoxy) is 1. The average Bonchev–Trinajstić information content (AvgIpc) is 2.50. The topological polar surface area (TPSA) is 21.3 Å². The normalized spacial score (nSPS) is 17.4. The Morgan fingerprint density at radius 1 is 1.15 bits per heavy atom. The van der Waals surface area contributed by atoms with Crippen LogP contribution in [0.2, 0.25) is 0 Å². The van der Waals surface area contributed by atoms with Crippen molar-refractivity contribution in [3.05, 3.63) is 54.1 Å². The van der Waals surface area contributed by atoms with Crippen molar-refractivity contribution in [2.75, 3.05) is 17.7 Å². The molecule has 3 heteroatoms. The summed E-state index contributed by atoms with van der Waals surface area (Å²) in [7, 11) is 0. The molecule has 1 N–H and O–H groups in total. The lowest BCUT2D eigenvalue weighted by Gasteiger charge is -2.27. The summed E-state index contributed by atoms with van der Waals surface area (Å²) in [6.07, 6.45) is 1.14. The first-order valence-electron chi connectivity index (χ1n) is 7.08. The highest BCUT2D eigenvalue weighted by atomic mass is 32.2. The van der Waals surface area contributed by atoms with Crippen molar-refractivity contribution < 1.29 is 4.74 Å². The van der Waals surface area contributed by atoms with Crippen LogP contribution in [0.4, 0.5) is 5.69 Å². The van der Waals surface area contributed by atoms with Crippen molar-refractivity contribution in [1.29, 1.82) is 0 Å². The Morgan fingerprint density at radius 2 is 1.95 bits per heavy atom. The molecule has 0 saturated carbocycles. The van der Waals surface area contributed by atoms with E-state index in [2.05, 4.69) is 35.6 Å². The second-order valence-corrected chi connectivity index (χ2v) is 5.94. The SMILES string of the molecule is CCOc1ccccc1NC1CCSc2ccccc21. The van der Waals surface area contributed by atoms with Gasteiger partial charge in [-0.05, 0) is 37.1 Å². The fourth-order valence-corrected chi connectivity index (χ4v) is 3.67. The fourth-order valence-electron chi connectivity index (χ4n) is 2.55. The summed E-state index contributed by atoms with van der Waals surface area (Å²) in [6.45, 7) is 2.71. The van der Waals surface area contributed by atoms with Crippen LogP contribution < -0.4 is 10.1 Å². The Bertz CT molecular complexity index is 585. The van der Waals surface area contributed by atoms with Gasteiger partial charge in [0, 0.05) is 10.6 Å². The second-order valence-electron chi connectivity index (χ2n) is 4.80. The van der Waals surface area contributed by atoms with Crippen molar-refractivity contribution in [1.82, 2.24) is 0 Å². The maximum Gasteiger partial charge on any atom is 0.142 e. The van der Waals surface area contributed by atoms with E-state index in [-0.39, 0.29) is 0 Å². The van der Waals surface area contributed by atoms with E-state index < -0.39 is 0 Å². The van der Waals surface area contributed by atoms with Gasteiger partial charge in [0.1, 0.15) is 5.75 Å². The number of hydrogen-bond donors (Lipinski definition) is 1. The van der Waals surface area contributed by atoms with Gasteiger partial charge >= 0.3 is 0 Å². The third kappa shape index (κ3) is 2.78. The second kappa shape index (κ2) is 6.23. The molecule has 0 amide bonds. The molecule has 0 aliphatic carbocycles. The largest absolute Gasteiger partial charge is 0.492 e. The summed E-state index contributed by atoms with van der Waals surface area (Å²) >= 11 is 1.95. The molecular weight excluding hydrogens is 266 g/mol. The molecule has 0 saturated heterocycles. The average molecular weight is 285 g/mol. The molecule has 1 aliphatic rings. The van der Waals surface area contributed by atoms with Gasteiger partial charge in [-0.25, -0.2) is 0 Å². The van der Waals surface area contributed by atoms with E-state index in [0.717, 1.165) is 23.6 Å². The minimum Gasteiger partial charge on any atom is -0.492 e. The molecule has 1 heterocycles. The number of benzene rings is 2. The summed E-state index contributed by atoms with van der Waals surface area (Å²) in [4.78, 5) is 1.39. The van der Waals surface area contributed by atoms with Crippen LogP contribution in [0.1, 0.15) is 24.9 Å². The number of rotatable bonds is 4. The number of nitrogens with one attached hydrogen (secondary N) is 1. The summed E-state index contributed by atoms with van der Waals surface area (Å²) in [6, 6.07) is 17.2. The van der Waals surface area contributed by atoms with Crippen molar-refractivity contribution >= 4 is 17.4 Å². The van der Waals surface area contributed by atoms with E-state index in [9.17, 15) is 0 Å². The van der Waals surface area contributed by atoms with Crippen LogP contribution in [0.15, 0.2) is 53.4 Å². The molecule has 0 spiro atoms. The van der Waals surface area contributed by atoms with E-state index in [1.807, 2.05) is 36.9 Å². The van der Waals surface area contributed by atoms with Crippen molar-refractivity contribution in [3.63, 3.8) is 0 Å². The monoisotopic (exact) mass is 285 g/mol. The molecule has 1 aliphatic heterocycles. The zero-order chi connectivity index (χ0) is 13.8. The lowest BCUT2D eigenvalue weighted by molar-refractivity contribution is 0.341. The maximum atomic E-state index is 5.70. The molecule has 0 aromatic heterocycles. The Kier molecular flexibility index (Phi) is 4.16. The van der Waals surface area contributed by atoms with E-state index >= 15 is 0 Å². The third-order valence-corrected chi connectivity index (χ3v) is 4.60. The first-order valence-corrected chi connectivity index (χ1v) is 8.07. The summed E-state index contributed by atoms with van der Waals surface area (Å²) in [5, 5.41) is 3.65. The van der Waals surface area contributed by atoms with Gasteiger partial charge in [0.15, 0.2) is 0 Å². The van der Waals surface area contributed by atoms with Gasteiger partial charge in [-0.3, -0.25) is 0 Å². The zero-order valence-corrected chi connectivity index (χ0v) is 12.5. The molecule has 0 fully saturated rings. The quantitative estimate of drug-likeness (QED) is 0.877. The smallest absolute Gasteiger partial charge is 0.142 e. The minimum atomic E-state index is 0.369. The zero-order valence-electron chi connectivity index (χ0n) is 11.6. The minimum absolute atomic E-state index is 0.369. The first-order chi connectivity index (χ1) is 9.88. The van der Waals surface area contributed by atoms with Crippen molar-refractivity contribution in [3.8, 4) is 5.75 Å². The lowest BCUT2D eigenvalue weighted by atomic mass is 10.0. The van der Waals surface area contributed by atoms with Gasteiger partial charge in [-0.2, -0.15) is 0 Å². The van der Waals surface area contributed by atoms with E-state index in [1.165, 1.54) is 10.5 Å². The number of fused-ring (bicyclic) bond motifs is 1. The van der Waals surface area contributed by atoms with Crippen LogP contribution in [0.5, 0.6) is 5.75 Å². The predicted molar refractivity (Wildman–Crippen MR) is 85.8 cm³/mol. The van der Waals surface area contributed by atoms with Crippen molar-refractivity contribution in [2.24, 2.45) is 0 Å². The highest BCUT2D eigenvalue weighted by Gasteiger charge is 2.20. The summed E-state index contributed by atoms with van der Waals surface area (Å²) < 4.78 is 5.70. The standard InChI is InChI=1S/C17H19NOS/c1-2-19-16-9-5-4-8-15(16)18-14-11-12-20-17-10-6-3-7-13(14)17/h3-10,14,18H,2,11-12H2,1H3.